The SMILES string of the molecule is COCC(=O)N[C@@H]1CCN(C(=O)c2cccnc2)C[C@@H]1CO. The first kappa shape index (κ1) is 16.4. The van der Waals surface area contributed by atoms with E-state index in [0.29, 0.717) is 25.1 Å². The summed E-state index contributed by atoms with van der Waals surface area (Å²) in [5.41, 5.74) is 0.529. The Morgan fingerprint density at radius 1 is 1.55 bits per heavy atom. The Hall–Kier alpha value is -1.99. The number of piperidine rings is 1. The molecule has 120 valence electrons. The Morgan fingerprint density at radius 2 is 2.36 bits per heavy atom. The van der Waals surface area contributed by atoms with Gasteiger partial charge < -0.3 is 20.1 Å². The van der Waals surface area contributed by atoms with Gasteiger partial charge in [-0.15, -0.1) is 0 Å². The molecule has 0 saturated carbocycles. The van der Waals surface area contributed by atoms with Crippen LogP contribution in [0, 0.1) is 5.92 Å². The molecule has 2 rings (SSSR count). The lowest BCUT2D eigenvalue weighted by Gasteiger charge is -2.38. The molecule has 2 amide bonds. The number of hydrogen-bond acceptors (Lipinski definition) is 5. The number of likely N-dealkylation sites (tertiary alicyclic amines) is 1. The van der Waals surface area contributed by atoms with Gasteiger partial charge in [0.1, 0.15) is 6.61 Å². The Balaban J connectivity index is 1.97. The number of carbonyl (C=O) groups excluding carboxylic acids is 2. The first-order valence-corrected chi connectivity index (χ1v) is 7.24. The number of amides is 2. The Kier molecular flexibility index (Phi) is 5.85. The van der Waals surface area contributed by atoms with Crippen LogP contribution in [0.3, 0.4) is 0 Å². The van der Waals surface area contributed by atoms with Crippen LogP contribution in [0.25, 0.3) is 0 Å². The maximum absolute atomic E-state index is 12.4. The molecule has 1 aliphatic rings. The van der Waals surface area contributed by atoms with Crippen LogP contribution in [0.15, 0.2) is 24.5 Å². The number of ether oxygens (including phenoxy) is 1. The van der Waals surface area contributed by atoms with Crippen molar-refractivity contribution in [2.45, 2.75) is 12.5 Å². The topological polar surface area (TPSA) is 91.8 Å². The average molecular weight is 307 g/mol. The number of aliphatic hydroxyl groups is 1. The van der Waals surface area contributed by atoms with E-state index in [1.54, 1.807) is 23.2 Å². The lowest BCUT2D eigenvalue weighted by molar-refractivity contribution is -0.126. The van der Waals surface area contributed by atoms with Crippen molar-refractivity contribution >= 4 is 11.8 Å². The van der Waals surface area contributed by atoms with Gasteiger partial charge in [-0.05, 0) is 18.6 Å². The van der Waals surface area contributed by atoms with Gasteiger partial charge in [0.25, 0.3) is 5.91 Å². The molecule has 1 aromatic heterocycles. The molecule has 0 aromatic carbocycles. The zero-order valence-corrected chi connectivity index (χ0v) is 12.6. The highest BCUT2D eigenvalue weighted by atomic mass is 16.5. The highest BCUT2D eigenvalue weighted by Crippen LogP contribution is 2.19. The van der Waals surface area contributed by atoms with Crippen LogP contribution in [-0.4, -0.2) is 66.3 Å². The first-order valence-electron chi connectivity index (χ1n) is 7.24. The molecule has 1 aliphatic heterocycles. The molecule has 2 heterocycles. The molecule has 7 heteroatoms. The lowest BCUT2D eigenvalue weighted by atomic mass is 9.92. The second-order valence-corrected chi connectivity index (χ2v) is 5.33. The summed E-state index contributed by atoms with van der Waals surface area (Å²) in [6.45, 7) is 0.839. The minimum absolute atomic E-state index is 0.00697. The Morgan fingerprint density at radius 3 is 3.00 bits per heavy atom. The summed E-state index contributed by atoms with van der Waals surface area (Å²) >= 11 is 0. The number of carbonyl (C=O) groups is 2. The second kappa shape index (κ2) is 7.86. The largest absolute Gasteiger partial charge is 0.396 e. The maximum Gasteiger partial charge on any atom is 0.255 e. The average Bonchev–Trinajstić information content (AvgIpc) is 2.55. The van der Waals surface area contributed by atoms with Gasteiger partial charge >= 0.3 is 0 Å². The van der Waals surface area contributed by atoms with E-state index in [1.165, 1.54) is 13.3 Å². The smallest absolute Gasteiger partial charge is 0.255 e. The molecular formula is C15H21N3O4. The summed E-state index contributed by atoms with van der Waals surface area (Å²) in [7, 11) is 1.46. The van der Waals surface area contributed by atoms with Gasteiger partial charge in [0.15, 0.2) is 0 Å². The number of rotatable bonds is 5. The zero-order chi connectivity index (χ0) is 15.9. The van der Waals surface area contributed by atoms with Crippen LogP contribution in [0.2, 0.25) is 0 Å². The van der Waals surface area contributed by atoms with Gasteiger partial charge in [0.2, 0.25) is 5.91 Å². The fourth-order valence-corrected chi connectivity index (χ4v) is 2.64. The number of nitrogens with one attached hydrogen (secondary N) is 1. The summed E-state index contributed by atoms with van der Waals surface area (Å²) < 4.78 is 4.79. The van der Waals surface area contributed by atoms with Crippen LogP contribution in [0.1, 0.15) is 16.8 Å². The summed E-state index contributed by atoms with van der Waals surface area (Å²) in [5.74, 6) is -0.499. The number of pyridine rings is 1. The van der Waals surface area contributed by atoms with Crippen LogP contribution < -0.4 is 5.32 Å². The third kappa shape index (κ3) is 4.02. The van der Waals surface area contributed by atoms with E-state index in [-0.39, 0.29) is 37.0 Å². The van der Waals surface area contributed by atoms with E-state index in [2.05, 4.69) is 10.3 Å². The molecule has 0 radical (unpaired) electrons. The van der Waals surface area contributed by atoms with Crippen molar-refractivity contribution in [3.05, 3.63) is 30.1 Å². The van der Waals surface area contributed by atoms with E-state index >= 15 is 0 Å². The van der Waals surface area contributed by atoms with Gasteiger partial charge in [-0.3, -0.25) is 14.6 Å². The van der Waals surface area contributed by atoms with Crippen molar-refractivity contribution in [1.29, 1.82) is 0 Å². The number of methoxy groups -OCH3 is 1. The fourth-order valence-electron chi connectivity index (χ4n) is 2.64. The monoisotopic (exact) mass is 307 g/mol. The highest BCUT2D eigenvalue weighted by molar-refractivity contribution is 5.94. The number of aliphatic hydroxyl groups excluding tert-OH is 1. The lowest BCUT2D eigenvalue weighted by Crippen LogP contribution is -2.54. The molecule has 1 saturated heterocycles. The molecule has 0 unspecified atom stereocenters. The Labute approximate surface area is 129 Å². The molecule has 2 atom stereocenters. The highest BCUT2D eigenvalue weighted by Gasteiger charge is 2.32. The van der Waals surface area contributed by atoms with Crippen molar-refractivity contribution in [2.75, 3.05) is 33.4 Å². The predicted molar refractivity (Wildman–Crippen MR) is 79.1 cm³/mol. The van der Waals surface area contributed by atoms with Crippen LogP contribution in [0.5, 0.6) is 0 Å². The summed E-state index contributed by atoms with van der Waals surface area (Å²) in [5, 5.41) is 12.4. The molecule has 0 aliphatic carbocycles. The predicted octanol–water partition coefficient (Wildman–Crippen LogP) is -0.333. The van der Waals surface area contributed by atoms with Crippen molar-refractivity contribution < 1.29 is 19.4 Å². The number of nitrogens with zero attached hydrogens (tertiary/aromatic N) is 2. The minimum Gasteiger partial charge on any atom is -0.396 e. The van der Waals surface area contributed by atoms with Crippen LogP contribution in [-0.2, 0) is 9.53 Å². The van der Waals surface area contributed by atoms with Gasteiger partial charge in [-0.2, -0.15) is 0 Å². The van der Waals surface area contributed by atoms with Gasteiger partial charge in [0.05, 0.1) is 5.56 Å². The third-order valence-corrected chi connectivity index (χ3v) is 3.79. The van der Waals surface area contributed by atoms with Crippen molar-refractivity contribution in [2.24, 2.45) is 5.92 Å². The maximum atomic E-state index is 12.4. The molecule has 0 spiro atoms. The van der Waals surface area contributed by atoms with E-state index in [4.69, 9.17) is 4.74 Å². The molecule has 1 fully saturated rings. The van der Waals surface area contributed by atoms with Crippen LogP contribution >= 0.6 is 0 Å². The van der Waals surface area contributed by atoms with Crippen molar-refractivity contribution in [3.8, 4) is 0 Å². The zero-order valence-electron chi connectivity index (χ0n) is 12.6. The molecule has 0 bridgehead atoms. The fraction of sp³-hybridized carbons (Fsp3) is 0.533. The second-order valence-electron chi connectivity index (χ2n) is 5.33. The van der Waals surface area contributed by atoms with E-state index < -0.39 is 0 Å². The number of aromatic nitrogens is 1. The molecule has 22 heavy (non-hydrogen) atoms. The summed E-state index contributed by atoms with van der Waals surface area (Å²) in [4.78, 5) is 29.6. The van der Waals surface area contributed by atoms with Gasteiger partial charge in [0, 0.05) is 51.2 Å². The quantitative estimate of drug-likeness (QED) is 0.777. The molecule has 2 N–H and O–H groups in total. The standard InChI is InChI=1S/C15H21N3O4/c1-22-10-14(20)17-13-4-6-18(8-12(13)9-19)15(21)11-3-2-5-16-7-11/h2-3,5,7,12-13,19H,4,6,8-10H2,1H3,(H,17,20)/t12-,13-/m1/s1. The van der Waals surface area contributed by atoms with E-state index in [1.807, 2.05) is 0 Å². The van der Waals surface area contributed by atoms with Crippen LogP contribution in [0.4, 0.5) is 0 Å². The minimum atomic E-state index is -0.210. The van der Waals surface area contributed by atoms with Crippen molar-refractivity contribution in [1.82, 2.24) is 15.2 Å². The van der Waals surface area contributed by atoms with E-state index in [9.17, 15) is 14.7 Å². The molecule has 7 nitrogen and oxygen atoms in total. The number of hydrogen-bond donors (Lipinski definition) is 2. The Bertz CT molecular complexity index is 509. The van der Waals surface area contributed by atoms with E-state index in [0.717, 1.165) is 0 Å². The van der Waals surface area contributed by atoms with Crippen molar-refractivity contribution in [3.63, 3.8) is 0 Å². The normalized spacial score (nSPS) is 21.5. The third-order valence-electron chi connectivity index (χ3n) is 3.79. The summed E-state index contributed by atoms with van der Waals surface area (Å²) in [6, 6.07) is 3.29. The molecular weight excluding hydrogens is 286 g/mol. The molecule has 1 aromatic rings. The first-order chi connectivity index (χ1) is 10.7. The summed E-state index contributed by atoms with van der Waals surface area (Å²) in [6.07, 6.45) is 3.75. The van der Waals surface area contributed by atoms with Gasteiger partial charge in [-0.1, -0.05) is 0 Å². The van der Waals surface area contributed by atoms with Gasteiger partial charge in [-0.25, -0.2) is 0 Å².